The molecule has 26 heavy (non-hydrogen) atoms. The van der Waals surface area contributed by atoms with E-state index in [0.717, 1.165) is 11.1 Å². The third-order valence-corrected chi connectivity index (χ3v) is 4.31. The molecule has 2 N–H and O–H groups in total. The van der Waals surface area contributed by atoms with Crippen molar-refractivity contribution in [2.45, 2.75) is 46.7 Å². The lowest BCUT2D eigenvalue weighted by Crippen LogP contribution is -2.47. The maximum absolute atomic E-state index is 12.6. The molecule has 2 aromatic rings. The number of carbonyl (C=O) groups is 2. The average molecular weight is 352 g/mol. The Balaban J connectivity index is 2.03. The fourth-order valence-electron chi connectivity index (χ4n) is 2.78. The first-order chi connectivity index (χ1) is 12.4. The topological polar surface area (TPSA) is 58.2 Å². The highest BCUT2D eigenvalue weighted by molar-refractivity contribution is 5.98. The van der Waals surface area contributed by atoms with Crippen molar-refractivity contribution in [2.24, 2.45) is 5.92 Å². The Hall–Kier alpha value is -2.62. The summed E-state index contributed by atoms with van der Waals surface area (Å²) in [6.07, 6.45) is 0.595. The largest absolute Gasteiger partial charge is 0.350 e. The van der Waals surface area contributed by atoms with E-state index in [0.29, 0.717) is 24.4 Å². The number of amides is 2. The lowest BCUT2D eigenvalue weighted by molar-refractivity contribution is -0.123. The Morgan fingerprint density at radius 2 is 1.62 bits per heavy atom. The van der Waals surface area contributed by atoms with Crippen molar-refractivity contribution in [3.63, 3.8) is 0 Å². The minimum absolute atomic E-state index is 0.152. The summed E-state index contributed by atoms with van der Waals surface area (Å²) in [5, 5.41) is 5.84. The van der Waals surface area contributed by atoms with E-state index in [9.17, 15) is 9.59 Å². The van der Waals surface area contributed by atoms with Crippen molar-refractivity contribution in [2.75, 3.05) is 0 Å². The van der Waals surface area contributed by atoms with Crippen LogP contribution in [-0.4, -0.2) is 17.9 Å². The lowest BCUT2D eigenvalue weighted by atomic mass is 10.0. The standard InChI is InChI=1S/C22H28N2O2/c1-15(2)13-20(24-21(25)19-8-6-5-7-17(19)4)22(26)23-14-18-11-9-16(3)10-12-18/h5-12,15,20H,13-14H2,1-4H3,(H,23,26)(H,24,25)/t20-/m0/s1. The molecule has 0 aromatic heterocycles. The highest BCUT2D eigenvalue weighted by Gasteiger charge is 2.22. The second-order valence-electron chi connectivity index (χ2n) is 7.17. The van der Waals surface area contributed by atoms with E-state index in [-0.39, 0.29) is 11.8 Å². The summed E-state index contributed by atoms with van der Waals surface area (Å²) < 4.78 is 0. The van der Waals surface area contributed by atoms with Crippen molar-refractivity contribution in [1.29, 1.82) is 0 Å². The van der Waals surface area contributed by atoms with Crippen LogP contribution < -0.4 is 10.6 Å². The third kappa shape index (κ3) is 5.73. The molecule has 0 unspecified atom stereocenters. The molecule has 0 bridgehead atoms. The van der Waals surface area contributed by atoms with E-state index in [2.05, 4.69) is 10.6 Å². The normalized spacial score (nSPS) is 11.9. The van der Waals surface area contributed by atoms with Gasteiger partial charge in [0.05, 0.1) is 0 Å². The van der Waals surface area contributed by atoms with Gasteiger partial charge in [0.1, 0.15) is 6.04 Å². The molecule has 0 aliphatic carbocycles. The molecule has 4 nitrogen and oxygen atoms in total. The molecule has 0 heterocycles. The Morgan fingerprint density at radius 3 is 2.23 bits per heavy atom. The Bertz CT molecular complexity index is 751. The van der Waals surface area contributed by atoms with Crippen LogP contribution in [0, 0.1) is 19.8 Å². The van der Waals surface area contributed by atoms with Crippen molar-refractivity contribution in [3.05, 3.63) is 70.8 Å². The molecule has 0 aliphatic heterocycles. The number of hydrogen-bond acceptors (Lipinski definition) is 2. The number of rotatable bonds is 7. The number of nitrogens with one attached hydrogen (secondary N) is 2. The molecule has 0 fully saturated rings. The predicted octanol–water partition coefficient (Wildman–Crippen LogP) is 3.76. The van der Waals surface area contributed by atoms with Crippen LogP contribution in [0.1, 0.15) is 47.3 Å². The second kappa shape index (κ2) is 9.18. The minimum Gasteiger partial charge on any atom is -0.350 e. The average Bonchev–Trinajstić information content (AvgIpc) is 2.60. The Kier molecular flexibility index (Phi) is 6.96. The fraction of sp³-hybridized carbons (Fsp3) is 0.364. The van der Waals surface area contributed by atoms with Gasteiger partial charge in [0, 0.05) is 12.1 Å². The van der Waals surface area contributed by atoms with Gasteiger partial charge in [-0.1, -0.05) is 61.9 Å². The van der Waals surface area contributed by atoms with Gasteiger partial charge in [-0.05, 0) is 43.4 Å². The zero-order chi connectivity index (χ0) is 19.1. The zero-order valence-electron chi connectivity index (χ0n) is 16.0. The van der Waals surface area contributed by atoms with Crippen LogP contribution in [-0.2, 0) is 11.3 Å². The van der Waals surface area contributed by atoms with Crippen molar-refractivity contribution in [3.8, 4) is 0 Å². The molecule has 2 aromatic carbocycles. The number of carbonyl (C=O) groups excluding carboxylic acids is 2. The summed E-state index contributed by atoms with van der Waals surface area (Å²) in [6, 6.07) is 14.9. The van der Waals surface area contributed by atoms with Crippen molar-refractivity contribution >= 4 is 11.8 Å². The first-order valence-corrected chi connectivity index (χ1v) is 9.06. The maximum Gasteiger partial charge on any atom is 0.252 e. The molecule has 1 atom stereocenters. The number of hydrogen-bond donors (Lipinski definition) is 2. The van der Waals surface area contributed by atoms with Gasteiger partial charge >= 0.3 is 0 Å². The SMILES string of the molecule is Cc1ccc(CNC(=O)[C@H](CC(C)C)NC(=O)c2ccccc2C)cc1. The maximum atomic E-state index is 12.6. The Morgan fingerprint density at radius 1 is 0.962 bits per heavy atom. The zero-order valence-corrected chi connectivity index (χ0v) is 16.0. The van der Waals surface area contributed by atoms with Crippen LogP contribution >= 0.6 is 0 Å². The molecule has 138 valence electrons. The van der Waals surface area contributed by atoms with E-state index >= 15 is 0 Å². The van der Waals surface area contributed by atoms with Crippen LogP contribution in [0.25, 0.3) is 0 Å². The molecule has 0 radical (unpaired) electrons. The van der Waals surface area contributed by atoms with Gasteiger partial charge in [-0.25, -0.2) is 0 Å². The molecular weight excluding hydrogens is 324 g/mol. The van der Waals surface area contributed by atoms with E-state index < -0.39 is 6.04 Å². The van der Waals surface area contributed by atoms with Gasteiger partial charge < -0.3 is 10.6 Å². The van der Waals surface area contributed by atoms with Gasteiger partial charge in [-0.2, -0.15) is 0 Å². The summed E-state index contributed by atoms with van der Waals surface area (Å²) in [7, 11) is 0. The highest BCUT2D eigenvalue weighted by atomic mass is 16.2. The van der Waals surface area contributed by atoms with E-state index in [1.165, 1.54) is 5.56 Å². The van der Waals surface area contributed by atoms with Gasteiger partial charge in [-0.15, -0.1) is 0 Å². The predicted molar refractivity (Wildman–Crippen MR) is 105 cm³/mol. The number of aryl methyl sites for hydroxylation is 2. The quantitative estimate of drug-likeness (QED) is 0.797. The van der Waals surface area contributed by atoms with Gasteiger partial charge in [0.2, 0.25) is 5.91 Å². The van der Waals surface area contributed by atoms with Gasteiger partial charge in [-0.3, -0.25) is 9.59 Å². The summed E-state index contributed by atoms with van der Waals surface area (Å²) in [5.41, 5.74) is 3.72. The van der Waals surface area contributed by atoms with E-state index in [4.69, 9.17) is 0 Å². The summed E-state index contributed by atoms with van der Waals surface area (Å²) in [4.78, 5) is 25.2. The first kappa shape index (κ1) is 19.7. The monoisotopic (exact) mass is 352 g/mol. The molecule has 2 amide bonds. The van der Waals surface area contributed by atoms with Gasteiger partial charge in [0.15, 0.2) is 0 Å². The summed E-state index contributed by atoms with van der Waals surface area (Å²) in [5.74, 6) is -0.0669. The smallest absolute Gasteiger partial charge is 0.252 e. The van der Waals surface area contributed by atoms with Crippen molar-refractivity contribution < 1.29 is 9.59 Å². The van der Waals surface area contributed by atoms with Crippen LogP contribution in [0.5, 0.6) is 0 Å². The molecule has 0 spiro atoms. The van der Waals surface area contributed by atoms with E-state index in [1.807, 2.05) is 70.2 Å². The molecule has 0 saturated heterocycles. The summed E-state index contributed by atoms with van der Waals surface area (Å²) >= 11 is 0. The summed E-state index contributed by atoms with van der Waals surface area (Å²) in [6.45, 7) is 8.46. The molecule has 4 heteroatoms. The van der Waals surface area contributed by atoms with Gasteiger partial charge in [0.25, 0.3) is 5.91 Å². The molecule has 0 aliphatic rings. The molecular formula is C22H28N2O2. The fourth-order valence-corrected chi connectivity index (χ4v) is 2.78. The van der Waals surface area contributed by atoms with Crippen LogP contribution in [0.2, 0.25) is 0 Å². The third-order valence-electron chi connectivity index (χ3n) is 4.31. The minimum atomic E-state index is -0.549. The van der Waals surface area contributed by atoms with Crippen LogP contribution in [0.3, 0.4) is 0 Å². The van der Waals surface area contributed by atoms with Crippen molar-refractivity contribution in [1.82, 2.24) is 10.6 Å². The Labute approximate surface area is 156 Å². The van der Waals surface area contributed by atoms with Crippen LogP contribution in [0.15, 0.2) is 48.5 Å². The lowest BCUT2D eigenvalue weighted by Gasteiger charge is -2.21. The molecule has 0 saturated carbocycles. The molecule has 2 rings (SSSR count). The van der Waals surface area contributed by atoms with Crippen LogP contribution in [0.4, 0.5) is 0 Å². The first-order valence-electron chi connectivity index (χ1n) is 9.06. The highest BCUT2D eigenvalue weighted by Crippen LogP contribution is 2.10. The number of benzene rings is 2. The second-order valence-corrected chi connectivity index (χ2v) is 7.17. The van der Waals surface area contributed by atoms with E-state index in [1.54, 1.807) is 6.07 Å².